The Morgan fingerprint density at radius 3 is 2.63 bits per heavy atom. The van der Waals surface area contributed by atoms with E-state index in [1.807, 2.05) is 0 Å². The number of hydrogen-bond donors (Lipinski definition) is 3. The summed E-state index contributed by atoms with van der Waals surface area (Å²) < 4.78 is 13.3. The van der Waals surface area contributed by atoms with Crippen LogP contribution in [0.2, 0.25) is 0 Å². The number of halogens is 1. The van der Waals surface area contributed by atoms with E-state index in [4.69, 9.17) is 5.11 Å². The molecule has 0 aliphatic carbocycles. The summed E-state index contributed by atoms with van der Waals surface area (Å²) in [6, 6.07) is 4.83. The van der Waals surface area contributed by atoms with Crippen molar-refractivity contribution in [1.29, 1.82) is 0 Å². The molecule has 1 rings (SSSR count). The molecule has 0 fully saturated rings. The molecule has 6 heteroatoms. The average Bonchev–Trinajstić information content (AvgIpc) is 2.38. The van der Waals surface area contributed by atoms with Gasteiger partial charge in [-0.3, -0.25) is 0 Å². The van der Waals surface area contributed by atoms with Crippen LogP contribution in [-0.4, -0.2) is 29.7 Å². The van der Waals surface area contributed by atoms with Crippen LogP contribution in [0.4, 0.5) is 9.18 Å². The van der Waals surface area contributed by atoms with Crippen LogP contribution in [0.25, 0.3) is 0 Å². The Bertz CT molecular complexity index is 451. The highest BCUT2D eigenvalue weighted by Gasteiger charge is 2.16. The van der Waals surface area contributed by atoms with E-state index >= 15 is 0 Å². The number of carbonyl (C=O) groups is 2. The minimum atomic E-state index is -1.08. The highest BCUT2D eigenvalue weighted by atomic mass is 19.1. The highest BCUT2D eigenvalue weighted by Crippen LogP contribution is 2.06. The molecule has 0 radical (unpaired) electrons. The second kappa shape index (κ2) is 7.35. The molecule has 0 aliphatic rings. The molecule has 0 aliphatic heterocycles. The number of hydrogen-bond acceptors (Lipinski definition) is 2. The predicted molar refractivity (Wildman–Crippen MR) is 68.4 cm³/mol. The maximum absolute atomic E-state index is 13.3. The van der Waals surface area contributed by atoms with Gasteiger partial charge in [0.25, 0.3) is 0 Å². The smallest absolute Gasteiger partial charge is 0.326 e. The summed E-state index contributed by atoms with van der Waals surface area (Å²) in [6.07, 6.45) is 0.653. The molecule has 19 heavy (non-hydrogen) atoms. The van der Waals surface area contributed by atoms with Crippen molar-refractivity contribution in [3.63, 3.8) is 0 Å². The first-order chi connectivity index (χ1) is 9.04. The lowest BCUT2D eigenvalue weighted by Crippen LogP contribution is -2.46. The summed E-state index contributed by atoms with van der Waals surface area (Å²) in [6.45, 7) is 1.90. The van der Waals surface area contributed by atoms with Crippen LogP contribution in [0.15, 0.2) is 24.3 Å². The van der Waals surface area contributed by atoms with Gasteiger partial charge in [-0.25, -0.2) is 14.0 Å². The van der Waals surface area contributed by atoms with E-state index in [9.17, 15) is 14.0 Å². The lowest BCUT2D eigenvalue weighted by molar-refractivity contribution is -0.139. The summed E-state index contributed by atoms with van der Waals surface area (Å²) in [7, 11) is 0. The van der Waals surface area contributed by atoms with Crippen LogP contribution in [0, 0.1) is 5.82 Å². The van der Waals surface area contributed by atoms with E-state index in [1.54, 1.807) is 25.1 Å². The Labute approximate surface area is 110 Å². The summed E-state index contributed by atoms with van der Waals surface area (Å²) in [5.74, 6) is -1.39. The molecule has 2 amide bonds. The van der Waals surface area contributed by atoms with Crippen LogP contribution in [0.5, 0.6) is 0 Å². The van der Waals surface area contributed by atoms with E-state index < -0.39 is 18.0 Å². The van der Waals surface area contributed by atoms with Crippen LogP contribution in [0.1, 0.15) is 18.9 Å². The first kappa shape index (κ1) is 14.9. The number of carboxylic acid groups (broad SMARTS) is 1. The van der Waals surface area contributed by atoms with Crippen LogP contribution in [-0.2, 0) is 11.2 Å². The summed E-state index contributed by atoms with van der Waals surface area (Å²) in [4.78, 5) is 22.1. The molecule has 0 saturated carbocycles. The first-order valence-electron chi connectivity index (χ1n) is 6.05. The molecule has 0 heterocycles. The third-order valence-corrected chi connectivity index (χ3v) is 2.65. The minimum absolute atomic E-state index is 0.239. The molecule has 0 spiro atoms. The van der Waals surface area contributed by atoms with E-state index in [2.05, 4.69) is 10.6 Å². The van der Waals surface area contributed by atoms with Crippen molar-refractivity contribution in [3.05, 3.63) is 35.6 Å². The lowest BCUT2D eigenvalue weighted by Gasteiger charge is -2.13. The van der Waals surface area contributed by atoms with Gasteiger partial charge in [-0.1, -0.05) is 25.1 Å². The second-order valence-corrected chi connectivity index (χ2v) is 4.04. The highest BCUT2D eigenvalue weighted by molar-refractivity contribution is 5.82. The standard InChI is InChI=1S/C13H17FN2O3/c1-2-11(12(17)18)16-13(19)15-8-7-9-5-3-4-6-10(9)14/h3-6,11H,2,7-8H2,1H3,(H,17,18)(H2,15,16,19)/t11-/m0/s1. The zero-order valence-electron chi connectivity index (χ0n) is 10.6. The molecule has 1 atom stereocenters. The van der Waals surface area contributed by atoms with Crippen molar-refractivity contribution in [1.82, 2.24) is 10.6 Å². The summed E-state index contributed by atoms with van der Waals surface area (Å²) >= 11 is 0. The number of aliphatic carboxylic acids is 1. The van der Waals surface area contributed by atoms with E-state index in [0.717, 1.165) is 0 Å². The van der Waals surface area contributed by atoms with Gasteiger partial charge in [0.15, 0.2) is 0 Å². The van der Waals surface area contributed by atoms with Gasteiger partial charge in [-0.15, -0.1) is 0 Å². The Balaban J connectivity index is 2.35. The number of urea groups is 1. The molecule has 0 saturated heterocycles. The Morgan fingerprint density at radius 1 is 1.37 bits per heavy atom. The van der Waals surface area contributed by atoms with Crippen molar-refractivity contribution in [3.8, 4) is 0 Å². The fourth-order valence-electron chi connectivity index (χ4n) is 1.56. The number of benzene rings is 1. The maximum atomic E-state index is 13.3. The van der Waals surface area contributed by atoms with Crippen molar-refractivity contribution >= 4 is 12.0 Å². The monoisotopic (exact) mass is 268 g/mol. The van der Waals surface area contributed by atoms with E-state index in [0.29, 0.717) is 18.4 Å². The average molecular weight is 268 g/mol. The van der Waals surface area contributed by atoms with Crippen LogP contribution in [0.3, 0.4) is 0 Å². The maximum Gasteiger partial charge on any atom is 0.326 e. The Hall–Kier alpha value is -2.11. The Morgan fingerprint density at radius 2 is 2.05 bits per heavy atom. The third-order valence-electron chi connectivity index (χ3n) is 2.65. The van der Waals surface area contributed by atoms with Crippen LogP contribution >= 0.6 is 0 Å². The number of amides is 2. The van der Waals surface area contributed by atoms with Crippen molar-refractivity contribution in [2.75, 3.05) is 6.54 Å². The van der Waals surface area contributed by atoms with Gasteiger partial charge in [-0.2, -0.15) is 0 Å². The number of rotatable bonds is 6. The van der Waals surface area contributed by atoms with Crippen molar-refractivity contribution in [2.45, 2.75) is 25.8 Å². The van der Waals surface area contributed by atoms with Crippen molar-refractivity contribution in [2.24, 2.45) is 0 Å². The SMILES string of the molecule is CC[C@H](NC(=O)NCCc1ccccc1F)C(=O)O. The molecule has 3 N–H and O–H groups in total. The van der Waals surface area contributed by atoms with Gasteiger partial charge in [-0.05, 0) is 24.5 Å². The zero-order valence-corrected chi connectivity index (χ0v) is 10.6. The fraction of sp³-hybridized carbons (Fsp3) is 0.385. The second-order valence-electron chi connectivity index (χ2n) is 4.04. The molecule has 5 nitrogen and oxygen atoms in total. The third kappa shape index (κ3) is 4.95. The van der Waals surface area contributed by atoms with Gasteiger partial charge in [0, 0.05) is 6.54 Å². The molecule has 1 aromatic rings. The normalized spacial score (nSPS) is 11.7. The van der Waals surface area contributed by atoms with E-state index in [1.165, 1.54) is 6.07 Å². The fourth-order valence-corrected chi connectivity index (χ4v) is 1.56. The lowest BCUT2D eigenvalue weighted by atomic mass is 10.1. The van der Waals surface area contributed by atoms with Gasteiger partial charge in [0.2, 0.25) is 0 Å². The topological polar surface area (TPSA) is 78.4 Å². The van der Waals surface area contributed by atoms with Gasteiger partial charge >= 0.3 is 12.0 Å². The number of nitrogens with one attached hydrogen (secondary N) is 2. The largest absolute Gasteiger partial charge is 0.480 e. The predicted octanol–water partition coefficient (Wildman–Crippen LogP) is 1.53. The van der Waals surface area contributed by atoms with Crippen LogP contribution < -0.4 is 10.6 Å². The number of carbonyl (C=O) groups excluding carboxylic acids is 1. The van der Waals surface area contributed by atoms with Gasteiger partial charge < -0.3 is 15.7 Å². The van der Waals surface area contributed by atoms with Gasteiger partial charge in [0.05, 0.1) is 0 Å². The quantitative estimate of drug-likeness (QED) is 0.732. The number of carboxylic acids is 1. The Kier molecular flexibility index (Phi) is 5.78. The van der Waals surface area contributed by atoms with Gasteiger partial charge in [0.1, 0.15) is 11.9 Å². The molecule has 0 unspecified atom stereocenters. The molecule has 0 aromatic heterocycles. The zero-order chi connectivity index (χ0) is 14.3. The minimum Gasteiger partial charge on any atom is -0.480 e. The summed E-state index contributed by atoms with van der Waals surface area (Å²) in [5.41, 5.74) is 0.507. The van der Waals surface area contributed by atoms with E-state index in [-0.39, 0.29) is 12.4 Å². The summed E-state index contributed by atoms with van der Waals surface area (Å²) in [5, 5.41) is 13.6. The van der Waals surface area contributed by atoms with Crippen molar-refractivity contribution < 1.29 is 19.1 Å². The molecule has 1 aromatic carbocycles. The first-order valence-corrected chi connectivity index (χ1v) is 6.05. The molecule has 104 valence electrons. The molecular formula is C13H17FN2O3. The molecule has 0 bridgehead atoms. The molecular weight excluding hydrogens is 251 g/mol.